The second-order valence-corrected chi connectivity index (χ2v) is 11.2. The number of fused-ring (bicyclic) bond motifs is 6. The van der Waals surface area contributed by atoms with Gasteiger partial charge in [-0.25, -0.2) is 4.79 Å². The van der Waals surface area contributed by atoms with Gasteiger partial charge < -0.3 is 19.3 Å². The van der Waals surface area contributed by atoms with Crippen molar-refractivity contribution in [2.75, 3.05) is 7.11 Å². The zero-order valence-electron chi connectivity index (χ0n) is 19.1. The number of carbonyl (C=O) groups is 2. The van der Waals surface area contributed by atoms with E-state index in [4.69, 9.17) is 14.2 Å². The van der Waals surface area contributed by atoms with E-state index < -0.39 is 35.0 Å². The van der Waals surface area contributed by atoms with E-state index in [1.165, 1.54) is 7.11 Å². The summed E-state index contributed by atoms with van der Waals surface area (Å²) in [7, 11) is 1.39. The van der Waals surface area contributed by atoms with E-state index in [9.17, 15) is 14.7 Å². The number of aliphatic hydroxyl groups is 1. The highest BCUT2D eigenvalue weighted by atomic mass is 16.8. The van der Waals surface area contributed by atoms with Crippen molar-refractivity contribution in [2.45, 2.75) is 83.4 Å². The molecular weight excluding hydrogens is 396 g/mol. The summed E-state index contributed by atoms with van der Waals surface area (Å²) in [6.07, 6.45) is 8.08. The molecule has 0 aromatic heterocycles. The molecule has 0 radical (unpaired) electrons. The highest BCUT2D eigenvalue weighted by Gasteiger charge is 2.74. The molecule has 1 heterocycles. The van der Waals surface area contributed by atoms with Gasteiger partial charge in [-0.2, -0.15) is 0 Å². The molecule has 1 unspecified atom stereocenters. The zero-order chi connectivity index (χ0) is 22.4. The smallest absolute Gasteiger partial charge is 0.338 e. The molecule has 170 valence electrons. The quantitative estimate of drug-likeness (QED) is 0.643. The minimum Gasteiger partial charge on any atom is -0.467 e. The molecule has 3 saturated carbocycles. The van der Waals surface area contributed by atoms with Crippen molar-refractivity contribution < 1.29 is 28.9 Å². The fourth-order valence-electron chi connectivity index (χ4n) is 8.19. The number of ether oxygens (including phenoxy) is 3. The van der Waals surface area contributed by atoms with Crippen LogP contribution in [0, 0.1) is 28.6 Å². The second kappa shape index (κ2) is 6.52. The highest BCUT2D eigenvalue weighted by molar-refractivity contribution is 6.01. The van der Waals surface area contributed by atoms with Gasteiger partial charge >= 0.3 is 5.97 Å². The van der Waals surface area contributed by atoms with Crippen molar-refractivity contribution in [1.29, 1.82) is 0 Å². The molecule has 0 aromatic carbocycles. The lowest BCUT2D eigenvalue weighted by molar-refractivity contribution is -0.210. The summed E-state index contributed by atoms with van der Waals surface area (Å²) >= 11 is 0. The molecule has 0 aromatic rings. The number of carbonyl (C=O) groups excluding carboxylic acids is 2. The minimum absolute atomic E-state index is 0.0422. The van der Waals surface area contributed by atoms with Crippen LogP contribution in [0.2, 0.25) is 0 Å². The molecular formula is C25H34O6. The third-order valence-corrected chi connectivity index (χ3v) is 9.35. The van der Waals surface area contributed by atoms with Crippen LogP contribution in [-0.2, 0) is 23.8 Å². The van der Waals surface area contributed by atoms with Crippen LogP contribution in [0.3, 0.4) is 0 Å². The summed E-state index contributed by atoms with van der Waals surface area (Å²) < 4.78 is 17.8. The summed E-state index contributed by atoms with van der Waals surface area (Å²) in [5, 5.41) is 11.6. The predicted octanol–water partition coefficient (Wildman–Crippen LogP) is 3.33. The van der Waals surface area contributed by atoms with Gasteiger partial charge in [0, 0.05) is 16.7 Å². The molecule has 6 nitrogen and oxygen atoms in total. The average molecular weight is 431 g/mol. The van der Waals surface area contributed by atoms with Crippen LogP contribution >= 0.6 is 0 Å². The molecule has 8 atom stereocenters. The van der Waals surface area contributed by atoms with Crippen LogP contribution in [0.5, 0.6) is 0 Å². The van der Waals surface area contributed by atoms with E-state index in [0.29, 0.717) is 24.7 Å². The normalized spacial score (nSPS) is 49.9. The number of allylic oxidation sites excluding steroid dienone is 4. The third-order valence-electron chi connectivity index (χ3n) is 9.35. The van der Waals surface area contributed by atoms with Gasteiger partial charge in [0.2, 0.25) is 0 Å². The second-order valence-electron chi connectivity index (χ2n) is 11.2. The summed E-state index contributed by atoms with van der Waals surface area (Å²) in [5.74, 6) is -0.607. The van der Waals surface area contributed by atoms with Gasteiger partial charge in [0.25, 0.3) is 0 Å². The third kappa shape index (κ3) is 2.67. The van der Waals surface area contributed by atoms with Crippen LogP contribution < -0.4 is 0 Å². The van der Waals surface area contributed by atoms with Crippen molar-refractivity contribution >= 4 is 11.8 Å². The Morgan fingerprint density at radius 1 is 1.23 bits per heavy atom. The van der Waals surface area contributed by atoms with Crippen LogP contribution in [0.25, 0.3) is 0 Å². The first-order valence-corrected chi connectivity index (χ1v) is 11.6. The number of methoxy groups -OCH3 is 1. The van der Waals surface area contributed by atoms with Gasteiger partial charge in [-0.3, -0.25) is 4.79 Å². The summed E-state index contributed by atoms with van der Waals surface area (Å²) in [5.41, 5.74) is -0.381. The highest BCUT2D eigenvalue weighted by Crippen LogP contribution is 2.70. The fourth-order valence-corrected chi connectivity index (χ4v) is 8.19. The van der Waals surface area contributed by atoms with Crippen LogP contribution in [0.1, 0.15) is 59.8 Å². The average Bonchev–Trinajstić information content (AvgIpc) is 3.14. The number of ketones is 1. The summed E-state index contributed by atoms with van der Waals surface area (Å²) in [4.78, 5) is 24.8. The maximum atomic E-state index is 12.8. The molecule has 5 aliphatic rings. The van der Waals surface area contributed by atoms with Crippen molar-refractivity contribution in [2.24, 2.45) is 28.6 Å². The van der Waals surface area contributed by atoms with Gasteiger partial charge in [0.15, 0.2) is 17.7 Å². The molecule has 0 bridgehead atoms. The monoisotopic (exact) mass is 430 g/mol. The van der Waals surface area contributed by atoms with Crippen LogP contribution in [0.4, 0.5) is 0 Å². The Morgan fingerprint density at radius 2 is 1.97 bits per heavy atom. The molecule has 4 fully saturated rings. The Hall–Kier alpha value is -1.50. The molecule has 1 spiro atoms. The van der Waals surface area contributed by atoms with Gasteiger partial charge in [-0.15, -0.1) is 0 Å². The lowest BCUT2D eigenvalue weighted by atomic mass is 9.46. The molecule has 5 rings (SSSR count). The first kappa shape index (κ1) is 21.4. The Bertz CT molecular complexity index is 888. The van der Waals surface area contributed by atoms with E-state index in [1.807, 2.05) is 19.9 Å². The molecule has 1 aliphatic heterocycles. The summed E-state index contributed by atoms with van der Waals surface area (Å²) in [6.45, 7) is 8.04. The Balaban J connectivity index is 1.56. The van der Waals surface area contributed by atoms with Gasteiger partial charge in [0.05, 0.1) is 13.2 Å². The Kier molecular flexibility index (Phi) is 4.49. The number of aliphatic hydroxyl groups excluding tert-OH is 1. The van der Waals surface area contributed by atoms with E-state index in [0.717, 1.165) is 24.8 Å². The number of hydrogen-bond acceptors (Lipinski definition) is 6. The first-order valence-electron chi connectivity index (χ1n) is 11.6. The fraction of sp³-hybridized carbons (Fsp3) is 0.760. The minimum atomic E-state index is -0.889. The lowest BCUT2D eigenvalue weighted by Crippen LogP contribution is -2.62. The molecule has 4 aliphatic carbocycles. The van der Waals surface area contributed by atoms with Gasteiger partial charge in [-0.05, 0) is 69.9 Å². The van der Waals surface area contributed by atoms with Crippen molar-refractivity contribution in [3.05, 3.63) is 23.8 Å². The van der Waals surface area contributed by atoms with Gasteiger partial charge in [0.1, 0.15) is 5.60 Å². The molecule has 31 heavy (non-hydrogen) atoms. The maximum absolute atomic E-state index is 12.8. The molecule has 1 N–H and O–H groups in total. The van der Waals surface area contributed by atoms with Crippen molar-refractivity contribution in [1.82, 2.24) is 0 Å². The van der Waals surface area contributed by atoms with Crippen LogP contribution in [-0.4, -0.2) is 47.6 Å². The first-order chi connectivity index (χ1) is 14.5. The lowest BCUT2D eigenvalue weighted by Gasteiger charge is -2.60. The SMILES string of the molecule is COC(=O)C1OC(C)(C)O[C@@]12CC[C@H]1[C@@H]3CCC4=CC(=O)C=C[C@]4(C)[C@H]3[C@@H](O)C[C@@]12C. The number of hydrogen-bond donors (Lipinski definition) is 1. The van der Waals surface area contributed by atoms with Gasteiger partial charge in [-0.1, -0.05) is 25.5 Å². The summed E-state index contributed by atoms with van der Waals surface area (Å²) in [6, 6.07) is 0. The number of esters is 1. The van der Waals surface area contributed by atoms with E-state index in [1.54, 1.807) is 12.2 Å². The molecule has 6 heteroatoms. The topological polar surface area (TPSA) is 82.1 Å². The molecule has 1 saturated heterocycles. The number of rotatable bonds is 1. The Labute approximate surface area is 184 Å². The predicted molar refractivity (Wildman–Crippen MR) is 113 cm³/mol. The van der Waals surface area contributed by atoms with Crippen molar-refractivity contribution in [3.63, 3.8) is 0 Å². The van der Waals surface area contributed by atoms with Crippen molar-refractivity contribution in [3.8, 4) is 0 Å². The Morgan fingerprint density at radius 3 is 2.68 bits per heavy atom. The molecule has 0 amide bonds. The maximum Gasteiger partial charge on any atom is 0.338 e. The van der Waals surface area contributed by atoms with Crippen LogP contribution in [0.15, 0.2) is 23.8 Å². The standard InChI is InChI=1S/C25H34O6/c1-22(2)30-20(21(28)29-5)25(31-22)11-9-17-16-7-6-14-12-15(26)8-10-23(14,3)19(16)18(27)13-24(17,25)4/h8,10,12,16-20,27H,6-7,9,11,13H2,1-5H3/t16-,17-,18-,19+,20?,23-,24-,25-/m0/s1. The van der Waals surface area contributed by atoms with E-state index in [2.05, 4.69) is 13.8 Å². The van der Waals surface area contributed by atoms with E-state index >= 15 is 0 Å². The van der Waals surface area contributed by atoms with E-state index in [-0.39, 0.29) is 17.1 Å². The zero-order valence-corrected chi connectivity index (χ0v) is 19.1. The largest absolute Gasteiger partial charge is 0.467 e.